The van der Waals surface area contributed by atoms with E-state index in [1.807, 2.05) is 18.2 Å². The first-order chi connectivity index (χ1) is 5.38. The average molecular weight is 215 g/mol. The second-order valence-corrected chi connectivity index (χ2v) is 4.50. The number of benzene rings is 1. The number of aliphatic hydroxyl groups is 1. The van der Waals surface area contributed by atoms with Crippen LogP contribution in [0, 0.1) is 0 Å². The average Bonchev–Trinajstić information content (AvgIpc) is 2.09. The normalized spacial score (nSPS) is 12.9. The first-order valence-corrected chi connectivity index (χ1v) is 6.27. The third-order valence-electron chi connectivity index (χ3n) is 1.62. The molecule has 1 N–H and O–H groups in total. The van der Waals surface area contributed by atoms with Crippen LogP contribution in [0.3, 0.4) is 0 Å². The van der Waals surface area contributed by atoms with E-state index in [0.717, 1.165) is 0 Å². The van der Waals surface area contributed by atoms with Gasteiger partial charge in [0.05, 0.1) is 0 Å². The molecule has 11 heavy (non-hydrogen) atoms. The van der Waals surface area contributed by atoms with E-state index in [2.05, 4.69) is 18.0 Å². The molecule has 0 amide bonds. The molecular weight excluding hydrogens is 203 g/mol. The van der Waals surface area contributed by atoms with Crippen LogP contribution in [-0.4, -0.2) is 26.7 Å². The summed E-state index contributed by atoms with van der Waals surface area (Å²) in [6, 6.07) is 10.2. The molecule has 1 nitrogen and oxygen atoms in total. The van der Waals surface area contributed by atoms with Gasteiger partial charge in [0.15, 0.2) is 0 Å². The molecule has 60 valence electrons. The van der Waals surface area contributed by atoms with Gasteiger partial charge in [-0.15, -0.1) is 0 Å². The number of hydrogen-bond acceptors (Lipinski definition) is 1. The molecule has 0 saturated heterocycles. The van der Waals surface area contributed by atoms with Gasteiger partial charge in [0.2, 0.25) is 0 Å². The van der Waals surface area contributed by atoms with Gasteiger partial charge in [-0.25, -0.2) is 0 Å². The zero-order chi connectivity index (χ0) is 8.10. The number of hydrogen-bond donors (Lipinski definition) is 1. The monoisotopic (exact) mass is 216 g/mol. The van der Waals surface area contributed by atoms with Crippen LogP contribution in [0.2, 0.25) is 5.82 Å². The second kappa shape index (κ2) is 4.55. The van der Waals surface area contributed by atoms with Crippen molar-refractivity contribution in [3.8, 4) is 0 Å². The molecule has 0 spiro atoms. The van der Waals surface area contributed by atoms with Gasteiger partial charge in [0, 0.05) is 0 Å². The molecule has 1 rings (SSSR count). The van der Waals surface area contributed by atoms with Crippen molar-refractivity contribution in [1.82, 2.24) is 0 Å². The van der Waals surface area contributed by atoms with E-state index in [1.165, 1.54) is 5.56 Å². The molecule has 0 saturated carbocycles. The summed E-state index contributed by atoms with van der Waals surface area (Å²) in [5, 5.41) is 9.00. The quantitative estimate of drug-likeness (QED) is 0.757. The summed E-state index contributed by atoms with van der Waals surface area (Å²) in [4.78, 5) is 0.378. The Labute approximate surface area is 73.6 Å². The zero-order valence-corrected chi connectivity index (χ0v) is 8.24. The summed E-state index contributed by atoms with van der Waals surface area (Å²) >= 11 is 0.496. The molecule has 1 atom stereocenters. The Bertz CT molecular complexity index is 194. The Morgan fingerprint density at radius 1 is 1.36 bits per heavy atom. The molecule has 0 radical (unpaired) electrons. The molecule has 0 aliphatic rings. The summed E-state index contributed by atoms with van der Waals surface area (Å²) in [6.45, 7) is 0.278. The molecule has 0 aromatic heterocycles. The van der Waals surface area contributed by atoms with Crippen molar-refractivity contribution in [3.63, 3.8) is 0 Å². The standard InChI is InChI=1S/C9H12OSe/c1-11-9(7-10)8-5-3-2-4-6-8/h2-6,9-10H,7H2,1H3. The summed E-state index contributed by atoms with van der Waals surface area (Å²) in [5.74, 6) is 2.15. The molecule has 1 aromatic rings. The zero-order valence-electron chi connectivity index (χ0n) is 6.53. The van der Waals surface area contributed by atoms with E-state index in [1.54, 1.807) is 0 Å². The van der Waals surface area contributed by atoms with Crippen LogP contribution in [0.5, 0.6) is 0 Å². The summed E-state index contributed by atoms with van der Waals surface area (Å²) in [5.41, 5.74) is 1.26. The SMILES string of the molecule is C[Se]C(CO)c1ccccc1. The molecule has 1 unspecified atom stereocenters. The Balaban J connectivity index is 2.74. The maximum absolute atomic E-state index is 9.00. The van der Waals surface area contributed by atoms with Crippen molar-refractivity contribution in [1.29, 1.82) is 0 Å². The van der Waals surface area contributed by atoms with Gasteiger partial charge in [-0.2, -0.15) is 0 Å². The molecular formula is C9H12OSe. The Morgan fingerprint density at radius 3 is 2.45 bits per heavy atom. The number of aliphatic hydroxyl groups excluding tert-OH is 1. The van der Waals surface area contributed by atoms with Crippen LogP contribution in [0.1, 0.15) is 10.4 Å². The molecule has 0 aliphatic heterocycles. The van der Waals surface area contributed by atoms with Gasteiger partial charge < -0.3 is 0 Å². The van der Waals surface area contributed by atoms with Crippen molar-refractivity contribution in [2.45, 2.75) is 10.6 Å². The molecule has 2 heteroatoms. The van der Waals surface area contributed by atoms with Crippen molar-refractivity contribution in [2.75, 3.05) is 6.61 Å². The second-order valence-electron chi connectivity index (χ2n) is 2.32. The van der Waals surface area contributed by atoms with Crippen molar-refractivity contribution >= 4 is 15.0 Å². The predicted molar refractivity (Wildman–Crippen MR) is 47.9 cm³/mol. The van der Waals surface area contributed by atoms with Crippen LogP contribution in [0.25, 0.3) is 0 Å². The molecule has 0 aliphatic carbocycles. The third kappa shape index (κ3) is 2.33. The molecule has 1 aromatic carbocycles. The van der Waals surface area contributed by atoms with Gasteiger partial charge >= 0.3 is 73.2 Å². The van der Waals surface area contributed by atoms with Gasteiger partial charge in [0.1, 0.15) is 0 Å². The Kier molecular flexibility index (Phi) is 3.64. The predicted octanol–water partition coefficient (Wildman–Crippen LogP) is 1.47. The van der Waals surface area contributed by atoms with Gasteiger partial charge in [0.25, 0.3) is 0 Å². The fraction of sp³-hybridized carbons (Fsp3) is 0.333. The fourth-order valence-corrected chi connectivity index (χ4v) is 2.20. The van der Waals surface area contributed by atoms with Crippen LogP contribution < -0.4 is 0 Å². The molecule has 0 heterocycles. The van der Waals surface area contributed by atoms with Crippen LogP contribution in [0.15, 0.2) is 30.3 Å². The summed E-state index contributed by atoms with van der Waals surface area (Å²) < 4.78 is 0. The van der Waals surface area contributed by atoms with E-state index in [-0.39, 0.29) is 6.61 Å². The maximum atomic E-state index is 9.00. The van der Waals surface area contributed by atoms with Crippen LogP contribution in [-0.2, 0) is 0 Å². The van der Waals surface area contributed by atoms with Gasteiger partial charge in [-0.3, -0.25) is 0 Å². The fourth-order valence-electron chi connectivity index (χ4n) is 0.984. The first kappa shape index (κ1) is 8.79. The van der Waals surface area contributed by atoms with Crippen LogP contribution >= 0.6 is 0 Å². The van der Waals surface area contributed by atoms with E-state index < -0.39 is 0 Å². The Morgan fingerprint density at radius 2 is 2.00 bits per heavy atom. The van der Waals surface area contributed by atoms with E-state index in [9.17, 15) is 0 Å². The van der Waals surface area contributed by atoms with E-state index in [0.29, 0.717) is 19.8 Å². The van der Waals surface area contributed by atoms with E-state index in [4.69, 9.17) is 5.11 Å². The van der Waals surface area contributed by atoms with Crippen molar-refractivity contribution in [3.05, 3.63) is 35.9 Å². The minimum atomic E-state index is 0.278. The van der Waals surface area contributed by atoms with Crippen LogP contribution in [0.4, 0.5) is 0 Å². The molecule has 0 bridgehead atoms. The topological polar surface area (TPSA) is 20.2 Å². The summed E-state index contributed by atoms with van der Waals surface area (Å²) in [7, 11) is 0. The van der Waals surface area contributed by atoms with Gasteiger partial charge in [-0.05, 0) is 0 Å². The number of rotatable bonds is 3. The summed E-state index contributed by atoms with van der Waals surface area (Å²) in [6.07, 6.45) is 0. The Hall–Kier alpha value is -0.301. The molecule has 0 fully saturated rings. The first-order valence-electron chi connectivity index (χ1n) is 3.57. The minimum absolute atomic E-state index is 0.278. The third-order valence-corrected chi connectivity index (χ3v) is 3.70. The van der Waals surface area contributed by atoms with Crippen molar-refractivity contribution in [2.24, 2.45) is 0 Å². The van der Waals surface area contributed by atoms with E-state index >= 15 is 0 Å². The van der Waals surface area contributed by atoms with Gasteiger partial charge in [-0.1, -0.05) is 0 Å². The van der Waals surface area contributed by atoms with Crippen molar-refractivity contribution < 1.29 is 5.11 Å².